The van der Waals surface area contributed by atoms with Crippen molar-refractivity contribution < 1.29 is 89.4 Å². The molecular weight excluding hydrogens is 1030 g/mol. The Hall–Kier alpha value is -3.03. The largest absolute Gasteiger partial charge is 0.394 e. The van der Waals surface area contributed by atoms with Crippen LogP contribution in [0.15, 0.2) is 85.1 Å². The second-order valence-corrected chi connectivity index (χ2v) is 21.1. The van der Waals surface area contributed by atoms with Crippen molar-refractivity contribution in [1.29, 1.82) is 0 Å². The van der Waals surface area contributed by atoms with E-state index in [0.29, 0.717) is 19.3 Å². The second kappa shape index (κ2) is 43.6. The first kappa shape index (κ1) is 71.2. The van der Waals surface area contributed by atoms with Crippen LogP contribution >= 0.6 is 0 Å². The number of unbranched alkanes of at least 4 members (excludes halogenated alkanes) is 14. The van der Waals surface area contributed by atoms with Gasteiger partial charge in [0.05, 0.1) is 38.6 Å². The van der Waals surface area contributed by atoms with Crippen LogP contribution in [0.1, 0.15) is 162 Å². The van der Waals surface area contributed by atoms with E-state index in [2.05, 4.69) is 79.9 Å². The van der Waals surface area contributed by atoms with Gasteiger partial charge in [0.25, 0.3) is 0 Å². The van der Waals surface area contributed by atoms with Crippen molar-refractivity contribution in [2.24, 2.45) is 0 Å². The Bertz CT molecular complexity index is 1790. The Morgan fingerprint density at radius 3 is 1.40 bits per heavy atom. The van der Waals surface area contributed by atoms with E-state index in [4.69, 9.17) is 28.4 Å². The summed E-state index contributed by atoms with van der Waals surface area (Å²) >= 11 is 0. The number of aliphatic hydroxyl groups is 11. The molecule has 0 aromatic heterocycles. The van der Waals surface area contributed by atoms with Gasteiger partial charge >= 0.3 is 0 Å². The molecule has 19 nitrogen and oxygen atoms in total. The van der Waals surface area contributed by atoms with Gasteiger partial charge in [0, 0.05) is 6.42 Å². The minimum atomic E-state index is -1.99. The standard InChI is InChI=1S/C61H103NO18/c1-3-5-7-9-11-13-15-17-19-21-23-24-26-28-30-32-34-36-38-45(66)44(62-49(67)39-37-35-33-31-29-27-25-22-20-18-16-14-12-10-8-6-4-2)43-75-59-55(73)52(70)57(47(41-64)77-59)80-61-56(74)53(71)58(48(42-65)78-61)79-60-54(72)51(69)50(68)46(40-63)76-60/h6,8,12,14,18,20,25,27-28,30-31,33,36,38,44-48,50-61,63-66,68-74H,3-5,7,9-11,13,15-17,19,21-24,26,29,32,34-35,37,39-43H2,1-2H3,(H,62,67)/b8-6-,14-12-,20-18-,27-25-,30-28+,33-31-,38-36+. The van der Waals surface area contributed by atoms with E-state index in [-0.39, 0.29) is 12.3 Å². The van der Waals surface area contributed by atoms with Crippen LogP contribution in [-0.4, -0.2) is 193 Å². The molecule has 17 unspecified atom stereocenters. The maximum atomic E-state index is 13.3. The van der Waals surface area contributed by atoms with Gasteiger partial charge < -0.3 is 89.9 Å². The van der Waals surface area contributed by atoms with E-state index in [1.54, 1.807) is 6.08 Å². The van der Waals surface area contributed by atoms with Gasteiger partial charge in [0.1, 0.15) is 73.2 Å². The molecule has 0 bridgehead atoms. The third-order valence-electron chi connectivity index (χ3n) is 14.4. The van der Waals surface area contributed by atoms with E-state index in [0.717, 1.165) is 51.4 Å². The molecule has 12 N–H and O–H groups in total. The van der Waals surface area contributed by atoms with Crippen LogP contribution in [0.2, 0.25) is 0 Å². The van der Waals surface area contributed by atoms with Crippen LogP contribution in [0.4, 0.5) is 0 Å². The van der Waals surface area contributed by atoms with Crippen LogP contribution in [0, 0.1) is 0 Å². The van der Waals surface area contributed by atoms with Gasteiger partial charge in [-0.05, 0) is 70.6 Å². The van der Waals surface area contributed by atoms with Crippen molar-refractivity contribution in [1.82, 2.24) is 5.32 Å². The van der Waals surface area contributed by atoms with Crippen molar-refractivity contribution in [2.75, 3.05) is 26.4 Å². The highest BCUT2D eigenvalue weighted by Crippen LogP contribution is 2.33. The highest BCUT2D eigenvalue weighted by Gasteiger charge is 2.53. The maximum Gasteiger partial charge on any atom is 0.220 e. The smallest absolute Gasteiger partial charge is 0.220 e. The van der Waals surface area contributed by atoms with Gasteiger partial charge in [-0.2, -0.15) is 0 Å². The van der Waals surface area contributed by atoms with Crippen LogP contribution in [0.3, 0.4) is 0 Å². The maximum absolute atomic E-state index is 13.3. The number of rotatable bonds is 42. The number of ether oxygens (including phenoxy) is 6. The summed E-state index contributed by atoms with van der Waals surface area (Å²) in [4.78, 5) is 13.3. The van der Waals surface area contributed by atoms with E-state index < -0.39 is 131 Å². The molecule has 0 aromatic carbocycles. The van der Waals surface area contributed by atoms with Crippen molar-refractivity contribution in [3.05, 3.63) is 85.1 Å². The van der Waals surface area contributed by atoms with Gasteiger partial charge in [0.2, 0.25) is 5.91 Å². The van der Waals surface area contributed by atoms with E-state index in [9.17, 15) is 61.0 Å². The first-order chi connectivity index (χ1) is 38.8. The summed E-state index contributed by atoms with van der Waals surface area (Å²) in [5, 5.41) is 120. The molecule has 0 radical (unpaired) electrons. The van der Waals surface area contributed by atoms with Crippen LogP contribution in [0.25, 0.3) is 0 Å². The normalized spacial score (nSPS) is 30.6. The van der Waals surface area contributed by atoms with Crippen molar-refractivity contribution in [2.45, 2.75) is 266 Å². The molecule has 0 aliphatic carbocycles. The Morgan fingerprint density at radius 1 is 0.463 bits per heavy atom. The zero-order valence-electron chi connectivity index (χ0n) is 47.8. The number of hydrogen-bond donors (Lipinski definition) is 12. The predicted octanol–water partition coefficient (Wildman–Crippen LogP) is 5.20. The molecular formula is C61H103NO18. The third-order valence-corrected chi connectivity index (χ3v) is 14.4. The third kappa shape index (κ3) is 27.1. The summed E-state index contributed by atoms with van der Waals surface area (Å²) in [7, 11) is 0. The highest BCUT2D eigenvalue weighted by molar-refractivity contribution is 5.76. The lowest BCUT2D eigenvalue weighted by Crippen LogP contribution is -2.66. The van der Waals surface area contributed by atoms with Gasteiger partial charge in [0.15, 0.2) is 18.9 Å². The fraction of sp³-hybridized carbons (Fsp3) is 0.754. The molecule has 3 fully saturated rings. The topological polar surface area (TPSA) is 307 Å². The quantitative estimate of drug-likeness (QED) is 0.0276. The Balaban J connectivity index is 1.55. The number of hydrogen-bond acceptors (Lipinski definition) is 18. The van der Waals surface area contributed by atoms with Gasteiger partial charge in [-0.1, -0.05) is 170 Å². The fourth-order valence-corrected chi connectivity index (χ4v) is 9.53. The summed E-state index contributed by atoms with van der Waals surface area (Å²) in [6, 6.07) is -1.02. The van der Waals surface area contributed by atoms with E-state index in [1.165, 1.54) is 70.6 Å². The summed E-state index contributed by atoms with van der Waals surface area (Å²) < 4.78 is 34.2. The van der Waals surface area contributed by atoms with Crippen molar-refractivity contribution in [3.63, 3.8) is 0 Å². The molecule has 0 aromatic rings. The van der Waals surface area contributed by atoms with E-state index >= 15 is 0 Å². The Labute approximate surface area is 476 Å². The number of carbonyl (C=O) groups excluding carboxylic acids is 1. The Kier molecular flexibility index (Phi) is 38.8. The number of carbonyl (C=O) groups is 1. The average molecular weight is 1140 g/mol. The van der Waals surface area contributed by atoms with Crippen molar-refractivity contribution >= 4 is 5.91 Å². The highest BCUT2D eigenvalue weighted by atomic mass is 16.8. The second-order valence-electron chi connectivity index (χ2n) is 21.1. The zero-order valence-corrected chi connectivity index (χ0v) is 47.8. The summed E-state index contributed by atoms with van der Waals surface area (Å²) in [6.07, 6.45) is 25.7. The number of allylic oxidation sites excluding steroid dienone is 13. The van der Waals surface area contributed by atoms with Crippen LogP contribution < -0.4 is 5.32 Å². The molecule has 3 aliphatic rings. The predicted molar refractivity (Wildman–Crippen MR) is 304 cm³/mol. The van der Waals surface area contributed by atoms with Gasteiger partial charge in [-0.25, -0.2) is 0 Å². The van der Waals surface area contributed by atoms with Gasteiger partial charge in [-0.15, -0.1) is 0 Å². The molecule has 0 saturated carbocycles. The zero-order chi connectivity index (χ0) is 58.3. The monoisotopic (exact) mass is 1140 g/mol. The number of aliphatic hydroxyl groups excluding tert-OH is 11. The molecule has 80 heavy (non-hydrogen) atoms. The molecule has 460 valence electrons. The first-order valence-electron chi connectivity index (χ1n) is 29.8. The molecule has 3 heterocycles. The molecule has 3 rings (SSSR count). The van der Waals surface area contributed by atoms with Crippen LogP contribution in [-0.2, 0) is 33.2 Å². The van der Waals surface area contributed by atoms with E-state index in [1.807, 2.05) is 18.2 Å². The molecule has 3 aliphatic heterocycles. The summed E-state index contributed by atoms with van der Waals surface area (Å²) in [5.41, 5.74) is 0. The fourth-order valence-electron chi connectivity index (χ4n) is 9.53. The molecule has 1 amide bonds. The minimum absolute atomic E-state index is 0.152. The average Bonchev–Trinajstić information content (AvgIpc) is 3.50. The molecule has 0 spiro atoms. The lowest BCUT2D eigenvalue weighted by atomic mass is 9.96. The molecule has 3 saturated heterocycles. The molecule has 19 heteroatoms. The van der Waals surface area contributed by atoms with Crippen LogP contribution in [0.5, 0.6) is 0 Å². The lowest BCUT2D eigenvalue weighted by Gasteiger charge is -2.48. The first-order valence-corrected chi connectivity index (χ1v) is 29.8. The number of amides is 1. The Morgan fingerprint density at radius 2 is 0.875 bits per heavy atom. The minimum Gasteiger partial charge on any atom is -0.394 e. The molecule has 17 atom stereocenters. The number of nitrogens with one attached hydrogen (secondary N) is 1. The summed E-state index contributed by atoms with van der Waals surface area (Å²) in [6.45, 7) is 1.52. The lowest BCUT2D eigenvalue weighted by molar-refractivity contribution is -0.379. The summed E-state index contributed by atoms with van der Waals surface area (Å²) in [5.74, 6) is -0.346. The van der Waals surface area contributed by atoms with Crippen molar-refractivity contribution in [3.8, 4) is 0 Å². The van der Waals surface area contributed by atoms with Gasteiger partial charge in [-0.3, -0.25) is 4.79 Å². The SMILES string of the molecule is CC/C=C\C/C=C\C/C=C\C/C=C\C/C=C\CCCC(=O)NC(COC1OC(CO)C(OC2OC(CO)C(OC3OC(CO)C(O)C(O)C3O)C(O)C2O)C(O)C1O)C(O)/C=C/CC/C=C/CCCCCCCCCCCCCC.